The van der Waals surface area contributed by atoms with Crippen molar-refractivity contribution in [3.63, 3.8) is 0 Å². The Morgan fingerprint density at radius 2 is 2.12 bits per heavy atom. The first-order chi connectivity index (χ1) is 3.91. The molecule has 0 unspecified atom stereocenters. The molecule has 0 bridgehead atoms. The predicted molar refractivity (Wildman–Crippen MR) is 35.8 cm³/mol. The Kier molecular flexibility index (Phi) is 5.45. The fourth-order valence-electron chi connectivity index (χ4n) is 0.276. The highest BCUT2D eigenvalue weighted by molar-refractivity contribution is 5.26. The van der Waals surface area contributed by atoms with E-state index in [1.54, 1.807) is 0 Å². The van der Waals surface area contributed by atoms with Gasteiger partial charge in [-0.3, -0.25) is 0 Å². The van der Waals surface area contributed by atoms with E-state index in [4.69, 9.17) is 0 Å². The molecule has 1 radical (unpaired) electrons. The Hall–Kier alpha value is -0.880. The molecule has 0 heterocycles. The number of rotatable bonds is 1. The number of hydrogen-bond acceptors (Lipinski definition) is 0. The van der Waals surface area contributed by atoms with Crippen LogP contribution < -0.4 is 0 Å². The lowest BCUT2D eigenvalue weighted by molar-refractivity contribution is 0.983. The van der Waals surface area contributed by atoms with Crippen molar-refractivity contribution in [1.82, 2.24) is 0 Å². The maximum Gasteiger partial charge on any atom is 0.0209 e. The van der Waals surface area contributed by atoms with Crippen LogP contribution >= 0.6 is 0 Å². The molecule has 0 spiro atoms. The van der Waals surface area contributed by atoms with Crippen molar-refractivity contribution in [3.05, 3.63) is 6.92 Å². The highest BCUT2D eigenvalue weighted by Crippen LogP contribution is 1.79. The summed E-state index contributed by atoms with van der Waals surface area (Å²) in [5.74, 6) is 10.5. The second-order valence-corrected chi connectivity index (χ2v) is 1.35. The average Bonchev–Trinajstić information content (AvgIpc) is 1.81. The van der Waals surface area contributed by atoms with Crippen LogP contribution in [0.15, 0.2) is 0 Å². The van der Waals surface area contributed by atoms with Gasteiger partial charge < -0.3 is 0 Å². The van der Waals surface area contributed by atoms with Gasteiger partial charge in [-0.2, -0.15) is 0 Å². The quantitative estimate of drug-likeness (QED) is 0.444. The molecule has 0 fully saturated rings. The molecule has 0 atom stereocenters. The fraction of sp³-hybridized carbons (Fsp3) is 0.375. The number of unbranched alkanes of at least 4 members (excludes halogenated alkanes) is 1. The van der Waals surface area contributed by atoms with E-state index in [-0.39, 0.29) is 0 Å². The zero-order valence-electron chi connectivity index (χ0n) is 5.12. The summed E-state index contributed by atoms with van der Waals surface area (Å²) in [6, 6.07) is 0. The molecule has 0 aliphatic carbocycles. The number of hydrogen-bond donors (Lipinski definition) is 0. The van der Waals surface area contributed by atoms with Crippen molar-refractivity contribution in [2.24, 2.45) is 0 Å². The molecule has 41 valence electrons. The van der Waals surface area contributed by atoms with E-state index in [1.165, 1.54) is 0 Å². The second-order valence-electron chi connectivity index (χ2n) is 1.35. The first-order valence-electron chi connectivity index (χ1n) is 2.66. The second kappa shape index (κ2) is 6.12. The maximum absolute atomic E-state index is 3.32. The Balaban J connectivity index is 3.31. The van der Waals surface area contributed by atoms with Gasteiger partial charge in [0.25, 0.3) is 0 Å². The highest BCUT2D eigenvalue weighted by Gasteiger charge is 1.65. The van der Waals surface area contributed by atoms with Gasteiger partial charge in [-0.15, -0.1) is 0 Å². The van der Waals surface area contributed by atoms with Crippen LogP contribution in [-0.4, -0.2) is 0 Å². The summed E-state index contributed by atoms with van der Waals surface area (Å²) >= 11 is 0. The summed E-state index contributed by atoms with van der Waals surface area (Å²) in [5, 5.41) is 0. The van der Waals surface area contributed by atoms with E-state index in [0.717, 1.165) is 12.8 Å². The molecule has 0 nitrogen and oxygen atoms in total. The third-order valence-electron chi connectivity index (χ3n) is 0.614. The predicted octanol–water partition coefficient (Wildman–Crippen LogP) is 1.63. The Morgan fingerprint density at radius 3 is 2.62 bits per heavy atom. The molecule has 0 N–H and O–H groups in total. The van der Waals surface area contributed by atoms with Gasteiger partial charge in [0.05, 0.1) is 0 Å². The highest BCUT2D eigenvalue weighted by atomic mass is 13.7. The lowest BCUT2D eigenvalue weighted by Crippen LogP contribution is -1.58. The van der Waals surface area contributed by atoms with Crippen molar-refractivity contribution in [2.75, 3.05) is 0 Å². The summed E-state index contributed by atoms with van der Waals surface area (Å²) in [6.45, 7) is 5.41. The molecule has 0 saturated heterocycles. The van der Waals surface area contributed by atoms with Gasteiger partial charge in [-0.05, 0) is 18.3 Å². The lowest BCUT2D eigenvalue weighted by atomic mass is 10.3. The largest absolute Gasteiger partial charge is 0.0891 e. The molecular formula is C8H9. The zero-order chi connectivity index (χ0) is 6.24. The molecule has 0 saturated carbocycles. The van der Waals surface area contributed by atoms with Crippen LogP contribution in [0.1, 0.15) is 19.8 Å². The maximum atomic E-state index is 3.32. The van der Waals surface area contributed by atoms with Crippen molar-refractivity contribution >= 4 is 0 Å². The minimum atomic E-state index is 0.939. The molecule has 0 aliphatic rings. The lowest BCUT2D eigenvalue weighted by Gasteiger charge is -1.71. The van der Waals surface area contributed by atoms with E-state index < -0.39 is 0 Å². The zero-order valence-corrected chi connectivity index (χ0v) is 5.12. The minimum Gasteiger partial charge on any atom is -0.0891 e. The molecule has 0 amide bonds. The van der Waals surface area contributed by atoms with Gasteiger partial charge in [-0.25, -0.2) is 0 Å². The topological polar surface area (TPSA) is 0 Å². The Labute approximate surface area is 51.3 Å². The van der Waals surface area contributed by atoms with Crippen molar-refractivity contribution < 1.29 is 0 Å². The molecule has 0 aromatic rings. The van der Waals surface area contributed by atoms with Gasteiger partial charge in [0.15, 0.2) is 0 Å². The van der Waals surface area contributed by atoms with Crippen LogP contribution in [-0.2, 0) is 0 Å². The van der Waals surface area contributed by atoms with Crippen LogP contribution in [0.2, 0.25) is 0 Å². The first kappa shape index (κ1) is 7.12. The summed E-state index contributed by atoms with van der Waals surface area (Å²) in [7, 11) is 0. The molecular weight excluding hydrogens is 96.1 g/mol. The van der Waals surface area contributed by atoms with Crippen LogP contribution in [0, 0.1) is 30.6 Å². The monoisotopic (exact) mass is 105 g/mol. The smallest absolute Gasteiger partial charge is 0.0209 e. The average molecular weight is 105 g/mol. The standard InChI is InChI=1S/C8H9/c1-3-5-7-8-6-4-2/h1,4,6H2,2H3. The summed E-state index contributed by atoms with van der Waals surface area (Å²) in [6.07, 6.45) is 2.04. The van der Waals surface area contributed by atoms with E-state index in [1.807, 2.05) is 0 Å². The van der Waals surface area contributed by atoms with Crippen LogP contribution in [0.4, 0.5) is 0 Å². The van der Waals surface area contributed by atoms with Crippen LogP contribution in [0.3, 0.4) is 0 Å². The van der Waals surface area contributed by atoms with E-state index >= 15 is 0 Å². The van der Waals surface area contributed by atoms with Crippen molar-refractivity contribution in [1.29, 1.82) is 0 Å². The van der Waals surface area contributed by atoms with Crippen LogP contribution in [0.25, 0.3) is 0 Å². The Bertz CT molecular complexity index is 144. The molecule has 0 aliphatic heterocycles. The van der Waals surface area contributed by atoms with Gasteiger partial charge >= 0.3 is 0 Å². The van der Waals surface area contributed by atoms with Crippen LogP contribution in [0.5, 0.6) is 0 Å². The minimum absolute atomic E-state index is 0.939. The Morgan fingerprint density at radius 1 is 1.38 bits per heavy atom. The van der Waals surface area contributed by atoms with Crippen molar-refractivity contribution in [2.45, 2.75) is 19.8 Å². The normalized spacial score (nSPS) is 5.75. The summed E-state index contributed by atoms with van der Waals surface area (Å²) in [5.41, 5.74) is 0. The summed E-state index contributed by atoms with van der Waals surface area (Å²) < 4.78 is 0. The first-order valence-corrected chi connectivity index (χ1v) is 2.66. The van der Waals surface area contributed by atoms with Gasteiger partial charge in [0.1, 0.15) is 0 Å². The van der Waals surface area contributed by atoms with Gasteiger partial charge in [-0.1, -0.05) is 18.8 Å². The molecule has 0 rings (SSSR count). The summed E-state index contributed by atoms with van der Waals surface area (Å²) in [4.78, 5) is 0. The van der Waals surface area contributed by atoms with Gasteiger partial charge in [0, 0.05) is 13.3 Å². The fourth-order valence-corrected chi connectivity index (χ4v) is 0.276. The third-order valence-corrected chi connectivity index (χ3v) is 0.614. The van der Waals surface area contributed by atoms with E-state index in [0.29, 0.717) is 0 Å². The van der Waals surface area contributed by atoms with E-state index in [2.05, 4.69) is 37.5 Å². The third kappa shape index (κ3) is 5.12. The molecule has 0 aromatic carbocycles. The SMILES string of the molecule is [CH2]C#CC#CCCC. The van der Waals surface area contributed by atoms with E-state index in [9.17, 15) is 0 Å². The molecule has 0 heteroatoms. The van der Waals surface area contributed by atoms with Gasteiger partial charge in [0.2, 0.25) is 0 Å². The molecule has 8 heavy (non-hydrogen) atoms. The van der Waals surface area contributed by atoms with Crippen molar-refractivity contribution in [3.8, 4) is 23.7 Å². The molecule has 0 aromatic heterocycles.